The number of fused-ring (bicyclic) bond motifs is 1. The molecule has 1 aliphatic carbocycles. The fourth-order valence-electron chi connectivity index (χ4n) is 2.33. The third-order valence-corrected chi connectivity index (χ3v) is 3.21. The van der Waals surface area contributed by atoms with Gasteiger partial charge in [0.15, 0.2) is 17.3 Å². The van der Waals surface area contributed by atoms with Crippen LogP contribution in [0.15, 0.2) is 30.4 Å². The summed E-state index contributed by atoms with van der Waals surface area (Å²) < 4.78 is 10.5. The first-order chi connectivity index (χ1) is 8.29. The van der Waals surface area contributed by atoms with Crippen molar-refractivity contribution < 1.29 is 19.4 Å². The summed E-state index contributed by atoms with van der Waals surface area (Å²) in [6.45, 7) is 0.195. The maximum Gasteiger partial charge on any atom is 0.231 e. The molecule has 0 bridgehead atoms. The molecule has 88 valence electrons. The molecule has 0 radical (unpaired) electrons. The summed E-state index contributed by atoms with van der Waals surface area (Å²) >= 11 is 0. The van der Waals surface area contributed by atoms with E-state index in [1.807, 2.05) is 12.1 Å². The van der Waals surface area contributed by atoms with E-state index in [1.54, 1.807) is 12.1 Å². The summed E-state index contributed by atoms with van der Waals surface area (Å²) in [6, 6.07) is 5.48. The Labute approximate surface area is 98.5 Å². The third kappa shape index (κ3) is 1.61. The van der Waals surface area contributed by atoms with Gasteiger partial charge in [-0.25, -0.2) is 0 Å². The van der Waals surface area contributed by atoms with E-state index in [1.165, 1.54) is 6.08 Å². The Bertz CT molecular complexity index is 492. The second-order valence-electron chi connectivity index (χ2n) is 4.20. The van der Waals surface area contributed by atoms with Crippen molar-refractivity contribution in [3.63, 3.8) is 0 Å². The number of benzene rings is 1. The zero-order valence-electron chi connectivity index (χ0n) is 9.13. The van der Waals surface area contributed by atoms with Crippen LogP contribution in [0.25, 0.3) is 0 Å². The van der Waals surface area contributed by atoms with Gasteiger partial charge in [0.25, 0.3) is 0 Å². The van der Waals surface area contributed by atoms with Crippen LogP contribution in [0.5, 0.6) is 11.5 Å². The lowest BCUT2D eigenvalue weighted by Crippen LogP contribution is -2.16. The van der Waals surface area contributed by atoms with Crippen molar-refractivity contribution in [3.8, 4) is 11.5 Å². The molecule has 0 fully saturated rings. The van der Waals surface area contributed by atoms with Crippen LogP contribution < -0.4 is 9.47 Å². The van der Waals surface area contributed by atoms with Crippen LogP contribution in [0.2, 0.25) is 0 Å². The summed E-state index contributed by atoms with van der Waals surface area (Å²) in [6.07, 6.45) is 3.30. The Hall–Kier alpha value is -1.81. The third-order valence-electron chi connectivity index (χ3n) is 3.21. The lowest BCUT2D eigenvalue weighted by molar-refractivity contribution is -0.116. The fourth-order valence-corrected chi connectivity index (χ4v) is 2.33. The van der Waals surface area contributed by atoms with Crippen molar-refractivity contribution in [1.82, 2.24) is 0 Å². The second-order valence-corrected chi connectivity index (χ2v) is 4.20. The number of allylic oxidation sites excluding steroid dienone is 1. The van der Waals surface area contributed by atoms with Gasteiger partial charge in [-0.3, -0.25) is 4.79 Å². The first-order valence-corrected chi connectivity index (χ1v) is 5.52. The minimum atomic E-state index is -0.297. The minimum absolute atomic E-state index is 0.0264. The number of aliphatic hydroxyl groups is 1. The van der Waals surface area contributed by atoms with Crippen molar-refractivity contribution in [1.29, 1.82) is 0 Å². The number of rotatable bonds is 2. The zero-order valence-corrected chi connectivity index (χ0v) is 9.13. The average Bonchev–Trinajstić information content (AvgIpc) is 2.93. The molecule has 2 aliphatic rings. The molecule has 0 aromatic heterocycles. The van der Waals surface area contributed by atoms with Crippen LogP contribution in [0, 0.1) is 5.92 Å². The van der Waals surface area contributed by atoms with E-state index < -0.39 is 0 Å². The standard InChI is InChI=1S/C13H12O4/c14-6-9-1-3-10(15)13(9)8-2-4-11-12(5-8)17-7-16-11/h1-5,9,13-14H,6-7H2. The number of carbonyl (C=O) groups excluding carboxylic acids is 1. The Morgan fingerprint density at radius 2 is 2.12 bits per heavy atom. The van der Waals surface area contributed by atoms with E-state index in [0.29, 0.717) is 11.5 Å². The Balaban J connectivity index is 1.96. The molecule has 17 heavy (non-hydrogen) atoms. The molecule has 1 aliphatic heterocycles. The molecule has 0 saturated carbocycles. The normalized spacial score (nSPS) is 25.6. The smallest absolute Gasteiger partial charge is 0.231 e. The van der Waals surface area contributed by atoms with E-state index in [0.717, 1.165) is 5.56 Å². The highest BCUT2D eigenvalue weighted by atomic mass is 16.7. The van der Waals surface area contributed by atoms with Crippen LogP contribution in [0.1, 0.15) is 11.5 Å². The molecule has 1 N–H and O–H groups in total. The van der Waals surface area contributed by atoms with Gasteiger partial charge in [-0.2, -0.15) is 0 Å². The summed E-state index contributed by atoms with van der Waals surface area (Å²) in [5.74, 6) is 0.965. The Kier molecular flexibility index (Phi) is 2.37. The van der Waals surface area contributed by atoms with Crippen molar-refractivity contribution >= 4 is 5.78 Å². The average molecular weight is 232 g/mol. The van der Waals surface area contributed by atoms with Crippen LogP contribution in [-0.2, 0) is 4.79 Å². The Morgan fingerprint density at radius 1 is 1.29 bits per heavy atom. The van der Waals surface area contributed by atoms with Crippen molar-refractivity contribution in [2.24, 2.45) is 5.92 Å². The van der Waals surface area contributed by atoms with Gasteiger partial charge in [-0.15, -0.1) is 0 Å². The minimum Gasteiger partial charge on any atom is -0.454 e. The number of hydrogen-bond donors (Lipinski definition) is 1. The van der Waals surface area contributed by atoms with Gasteiger partial charge in [0.2, 0.25) is 6.79 Å². The molecule has 3 rings (SSSR count). The molecule has 1 heterocycles. The molecule has 1 aromatic carbocycles. The number of ketones is 1. The zero-order chi connectivity index (χ0) is 11.8. The predicted octanol–water partition coefficient (Wildman–Crippen LogP) is 1.25. The van der Waals surface area contributed by atoms with E-state index in [4.69, 9.17) is 9.47 Å². The van der Waals surface area contributed by atoms with Crippen LogP contribution in [0.4, 0.5) is 0 Å². The highest BCUT2D eigenvalue weighted by Gasteiger charge is 2.32. The molecule has 2 unspecified atom stereocenters. The van der Waals surface area contributed by atoms with Crippen LogP contribution >= 0.6 is 0 Å². The van der Waals surface area contributed by atoms with Crippen LogP contribution in [0.3, 0.4) is 0 Å². The van der Waals surface area contributed by atoms with Crippen LogP contribution in [-0.4, -0.2) is 24.3 Å². The first kappa shape index (κ1) is 10.4. The first-order valence-electron chi connectivity index (χ1n) is 5.52. The van der Waals surface area contributed by atoms with E-state index in [9.17, 15) is 9.90 Å². The number of carbonyl (C=O) groups is 1. The SMILES string of the molecule is O=C1C=CC(CO)C1c1ccc2c(c1)OCO2. The van der Waals surface area contributed by atoms with E-state index in [2.05, 4.69) is 0 Å². The lowest BCUT2D eigenvalue weighted by Gasteiger charge is -2.16. The van der Waals surface area contributed by atoms with Crippen molar-refractivity contribution in [2.45, 2.75) is 5.92 Å². The van der Waals surface area contributed by atoms with Gasteiger partial charge in [0, 0.05) is 5.92 Å². The van der Waals surface area contributed by atoms with Gasteiger partial charge < -0.3 is 14.6 Å². The van der Waals surface area contributed by atoms with Gasteiger partial charge in [-0.1, -0.05) is 12.1 Å². The van der Waals surface area contributed by atoms with Gasteiger partial charge in [-0.05, 0) is 23.8 Å². The number of hydrogen-bond acceptors (Lipinski definition) is 4. The highest BCUT2D eigenvalue weighted by molar-refractivity contribution is 5.98. The van der Waals surface area contributed by atoms with Crippen molar-refractivity contribution in [3.05, 3.63) is 35.9 Å². The Morgan fingerprint density at radius 3 is 2.94 bits per heavy atom. The monoisotopic (exact) mass is 232 g/mol. The molecule has 0 saturated heterocycles. The predicted molar refractivity (Wildman–Crippen MR) is 60.0 cm³/mol. The second kappa shape index (κ2) is 3.89. The quantitative estimate of drug-likeness (QED) is 0.833. The number of aliphatic hydroxyl groups excluding tert-OH is 1. The van der Waals surface area contributed by atoms with Gasteiger partial charge in [0.05, 0.1) is 12.5 Å². The fraction of sp³-hybridized carbons (Fsp3) is 0.308. The highest BCUT2D eigenvalue weighted by Crippen LogP contribution is 2.38. The number of ether oxygens (including phenoxy) is 2. The summed E-state index contributed by atoms with van der Waals surface area (Å²) in [5, 5.41) is 9.25. The maximum absolute atomic E-state index is 11.8. The molecule has 4 heteroatoms. The van der Waals surface area contributed by atoms with E-state index in [-0.39, 0.29) is 31.0 Å². The molecule has 2 atom stereocenters. The molecule has 1 aromatic rings. The molecule has 4 nitrogen and oxygen atoms in total. The molecular formula is C13H12O4. The van der Waals surface area contributed by atoms with Gasteiger partial charge in [0.1, 0.15) is 0 Å². The topological polar surface area (TPSA) is 55.8 Å². The molecular weight excluding hydrogens is 220 g/mol. The largest absolute Gasteiger partial charge is 0.454 e. The van der Waals surface area contributed by atoms with E-state index >= 15 is 0 Å². The lowest BCUT2D eigenvalue weighted by atomic mass is 9.88. The molecule has 0 spiro atoms. The maximum atomic E-state index is 11.8. The summed E-state index contributed by atoms with van der Waals surface area (Å²) in [5.41, 5.74) is 0.864. The van der Waals surface area contributed by atoms with Crippen molar-refractivity contribution in [2.75, 3.05) is 13.4 Å². The summed E-state index contributed by atoms with van der Waals surface area (Å²) in [7, 11) is 0. The van der Waals surface area contributed by atoms with Gasteiger partial charge >= 0.3 is 0 Å². The summed E-state index contributed by atoms with van der Waals surface area (Å²) in [4.78, 5) is 11.8. The molecule has 0 amide bonds.